The Morgan fingerprint density at radius 2 is 0.950 bits per heavy atom. The minimum Gasteiger partial charge on any atom is -0.308 e. The van der Waals surface area contributed by atoms with Gasteiger partial charge < -0.3 is 5.32 Å². The molecular weight excluding hydrogens is 242 g/mol. The zero-order valence-electron chi connectivity index (χ0n) is 16.2. The van der Waals surface area contributed by atoms with Crippen molar-refractivity contribution in [1.82, 2.24) is 5.32 Å². The van der Waals surface area contributed by atoms with E-state index in [4.69, 9.17) is 0 Å². The zero-order valence-corrected chi connectivity index (χ0v) is 16.2. The second-order valence-corrected chi connectivity index (χ2v) is 10.4. The Morgan fingerprint density at radius 1 is 0.650 bits per heavy atom. The smallest absolute Gasteiger partial charge is 0.0185 e. The number of hydrogen-bond acceptors (Lipinski definition) is 1. The highest BCUT2D eigenvalue weighted by Gasteiger charge is 2.64. The van der Waals surface area contributed by atoms with Crippen molar-refractivity contribution in [3.63, 3.8) is 0 Å². The third-order valence-electron chi connectivity index (χ3n) is 7.51. The van der Waals surface area contributed by atoms with Crippen LogP contribution in [-0.4, -0.2) is 11.6 Å². The van der Waals surface area contributed by atoms with Gasteiger partial charge in [0.1, 0.15) is 0 Å². The lowest BCUT2D eigenvalue weighted by Crippen LogP contribution is -2.71. The summed E-state index contributed by atoms with van der Waals surface area (Å²) in [6, 6.07) is 0.496. The molecule has 0 radical (unpaired) electrons. The Hall–Kier alpha value is -0.0400. The minimum atomic E-state index is 0.145. The van der Waals surface area contributed by atoms with Crippen LogP contribution in [0.2, 0.25) is 0 Å². The largest absolute Gasteiger partial charge is 0.308 e. The third kappa shape index (κ3) is 2.34. The van der Waals surface area contributed by atoms with Gasteiger partial charge >= 0.3 is 0 Å². The highest BCUT2D eigenvalue weighted by atomic mass is 15.0. The first-order valence-corrected chi connectivity index (χ1v) is 8.27. The van der Waals surface area contributed by atoms with Crippen molar-refractivity contribution in [2.24, 2.45) is 27.6 Å². The van der Waals surface area contributed by atoms with Crippen LogP contribution in [0.4, 0.5) is 0 Å². The molecule has 1 rings (SSSR count). The van der Waals surface area contributed by atoms with Crippen LogP contribution in [0.3, 0.4) is 0 Å². The second kappa shape index (κ2) is 4.48. The molecule has 0 aromatic carbocycles. The summed E-state index contributed by atoms with van der Waals surface area (Å²) in [5, 5.41) is 3.97. The molecule has 0 heterocycles. The van der Waals surface area contributed by atoms with Crippen LogP contribution in [0.15, 0.2) is 0 Å². The molecule has 0 aromatic heterocycles. The highest BCUT2D eigenvalue weighted by molar-refractivity contribution is 5.15. The average molecular weight is 282 g/mol. The third-order valence-corrected chi connectivity index (χ3v) is 7.51. The molecule has 0 saturated heterocycles. The van der Waals surface area contributed by atoms with E-state index in [1.807, 2.05) is 0 Å². The van der Waals surface area contributed by atoms with E-state index >= 15 is 0 Å². The lowest BCUT2D eigenvalue weighted by Gasteiger charge is -2.69. The number of rotatable bonds is 1. The fraction of sp³-hybridized carbons (Fsp3) is 1.00. The first-order valence-electron chi connectivity index (χ1n) is 8.27. The molecule has 0 bridgehead atoms. The molecule has 1 fully saturated rings. The summed E-state index contributed by atoms with van der Waals surface area (Å²) in [6.45, 7) is 29.0. The van der Waals surface area contributed by atoms with Gasteiger partial charge in [-0.15, -0.1) is 0 Å². The van der Waals surface area contributed by atoms with Gasteiger partial charge in [-0.2, -0.15) is 0 Å². The molecule has 0 aliphatic heterocycles. The first-order chi connectivity index (χ1) is 8.49. The molecule has 1 aliphatic rings. The highest BCUT2D eigenvalue weighted by Crippen LogP contribution is 2.66. The Bertz CT molecular complexity index is 338. The minimum absolute atomic E-state index is 0.145. The molecule has 0 spiro atoms. The van der Waals surface area contributed by atoms with Crippen molar-refractivity contribution < 1.29 is 0 Å². The predicted molar refractivity (Wildman–Crippen MR) is 91.0 cm³/mol. The van der Waals surface area contributed by atoms with Crippen molar-refractivity contribution in [3.05, 3.63) is 0 Å². The summed E-state index contributed by atoms with van der Waals surface area (Å²) in [6.07, 6.45) is 0. The molecule has 1 saturated carbocycles. The first kappa shape index (κ1) is 18.0. The second-order valence-electron chi connectivity index (χ2n) is 10.4. The van der Waals surface area contributed by atoms with Crippen molar-refractivity contribution in [2.45, 2.75) is 94.7 Å². The molecule has 1 aliphatic carbocycles. The number of nitrogens with one attached hydrogen (secondary N) is 1. The van der Waals surface area contributed by atoms with E-state index in [9.17, 15) is 0 Å². The standard InChI is InChI=1S/C19H39N/c1-13-16(5,6)18(9,10)14(20-15(2,3)4)19(11,12)17(13,7)8/h13-14,20H,1-12H3. The topological polar surface area (TPSA) is 12.0 Å². The van der Waals surface area contributed by atoms with E-state index in [-0.39, 0.29) is 16.4 Å². The fourth-order valence-electron chi connectivity index (χ4n) is 4.46. The van der Waals surface area contributed by atoms with E-state index in [1.54, 1.807) is 0 Å². The van der Waals surface area contributed by atoms with E-state index < -0.39 is 0 Å². The van der Waals surface area contributed by atoms with Gasteiger partial charge in [0.2, 0.25) is 0 Å². The monoisotopic (exact) mass is 281 g/mol. The maximum atomic E-state index is 3.97. The van der Waals surface area contributed by atoms with Gasteiger partial charge in [0.05, 0.1) is 0 Å². The lowest BCUT2D eigenvalue weighted by atomic mass is 9.39. The molecule has 120 valence electrons. The Kier molecular flexibility index (Phi) is 4.03. The normalized spacial score (nSPS) is 34.8. The fourth-order valence-corrected chi connectivity index (χ4v) is 4.46. The van der Waals surface area contributed by atoms with Crippen LogP contribution in [0.25, 0.3) is 0 Å². The van der Waals surface area contributed by atoms with Gasteiger partial charge in [-0.3, -0.25) is 0 Å². The quantitative estimate of drug-likeness (QED) is 0.669. The van der Waals surface area contributed by atoms with E-state index in [0.29, 0.717) is 22.8 Å². The Balaban J connectivity index is 3.45. The van der Waals surface area contributed by atoms with Gasteiger partial charge in [-0.1, -0.05) is 62.3 Å². The van der Waals surface area contributed by atoms with Crippen LogP contribution in [0.1, 0.15) is 83.1 Å². The van der Waals surface area contributed by atoms with Crippen LogP contribution in [-0.2, 0) is 0 Å². The molecule has 0 amide bonds. The molecule has 1 heteroatoms. The molecule has 1 nitrogen and oxygen atoms in total. The summed E-state index contributed by atoms with van der Waals surface area (Å²) >= 11 is 0. The molecule has 0 atom stereocenters. The molecule has 0 aromatic rings. The van der Waals surface area contributed by atoms with Gasteiger partial charge in [0.15, 0.2) is 0 Å². The van der Waals surface area contributed by atoms with Crippen molar-refractivity contribution in [1.29, 1.82) is 0 Å². The summed E-state index contributed by atoms with van der Waals surface area (Å²) in [5.41, 5.74) is 1.24. The van der Waals surface area contributed by atoms with Crippen molar-refractivity contribution in [3.8, 4) is 0 Å². The summed E-state index contributed by atoms with van der Waals surface area (Å²) in [5.74, 6) is 0.679. The SMILES string of the molecule is CC1C(C)(C)C(C)(C)C(NC(C)(C)C)C(C)(C)C1(C)C. The van der Waals surface area contributed by atoms with Crippen LogP contribution in [0, 0.1) is 27.6 Å². The maximum Gasteiger partial charge on any atom is 0.0185 e. The Labute approximate surface area is 128 Å². The van der Waals surface area contributed by atoms with Gasteiger partial charge in [0, 0.05) is 11.6 Å². The zero-order chi connectivity index (χ0) is 16.4. The molecule has 0 unspecified atom stereocenters. The van der Waals surface area contributed by atoms with Crippen LogP contribution in [0.5, 0.6) is 0 Å². The summed E-state index contributed by atoms with van der Waals surface area (Å²) < 4.78 is 0. The van der Waals surface area contributed by atoms with Crippen molar-refractivity contribution in [2.75, 3.05) is 0 Å². The summed E-state index contributed by atoms with van der Waals surface area (Å²) in [4.78, 5) is 0. The van der Waals surface area contributed by atoms with Gasteiger partial charge in [-0.25, -0.2) is 0 Å². The van der Waals surface area contributed by atoms with Crippen molar-refractivity contribution >= 4 is 0 Å². The molecular formula is C19H39N. The number of hydrogen-bond donors (Lipinski definition) is 1. The lowest BCUT2D eigenvalue weighted by molar-refractivity contribution is -0.181. The predicted octanol–water partition coefficient (Wildman–Crippen LogP) is 5.50. The van der Waals surface area contributed by atoms with Crippen LogP contribution < -0.4 is 5.32 Å². The van der Waals surface area contributed by atoms with Crippen LogP contribution >= 0.6 is 0 Å². The van der Waals surface area contributed by atoms with Gasteiger partial charge in [0.25, 0.3) is 0 Å². The average Bonchev–Trinajstić information content (AvgIpc) is 2.21. The van der Waals surface area contributed by atoms with E-state index in [1.165, 1.54) is 0 Å². The summed E-state index contributed by atoms with van der Waals surface area (Å²) in [7, 11) is 0. The van der Waals surface area contributed by atoms with Gasteiger partial charge in [-0.05, 0) is 48.3 Å². The molecule has 1 N–H and O–H groups in total. The maximum absolute atomic E-state index is 3.97. The molecule has 20 heavy (non-hydrogen) atoms. The van der Waals surface area contributed by atoms with E-state index in [0.717, 1.165) is 0 Å². The van der Waals surface area contributed by atoms with E-state index in [2.05, 4.69) is 88.4 Å². The Morgan fingerprint density at radius 3 is 1.20 bits per heavy atom.